The minimum absolute atomic E-state index is 0.279. The number of nitrogens with one attached hydrogen (secondary N) is 1. The maximum absolute atomic E-state index is 12.9. The normalized spacial score (nSPS) is 12.7. The number of fused-ring (bicyclic) bond motifs is 1. The monoisotopic (exact) mass is 417 g/mol. The summed E-state index contributed by atoms with van der Waals surface area (Å²) >= 11 is 0. The molecule has 2 aromatic rings. The van der Waals surface area contributed by atoms with Crippen molar-refractivity contribution in [3.05, 3.63) is 39.7 Å². The van der Waals surface area contributed by atoms with Crippen molar-refractivity contribution >= 4 is 23.0 Å². The first-order chi connectivity index (χ1) is 13.9. The second-order valence-corrected chi connectivity index (χ2v) is 8.90. The zero-order valence-electron chi connectivity index (χ0n) is 18.8. The van der Waals surface area contributed by atoms with Crippen molar-refractivity contribution < 1.29 is 23.5 Å². The van der Waals surface area contributed by atoms with Gasteiger partial charge in [0.05, 0.1) is 0 Å². The maximum atomic E-state index is 12.9. The molecule has 1 amide bonds. The van der Waals surface area contributed by atoms with Crippen molar-refractivity contribution in [1.29, 1.82) is 0 Å². The van der Waals surface area contributed by atoms with Crippen LogP contribution in [-0.2, 0) is 9.53 Å². The third kappa shape index (κ3) is 6.34. The smallest absolute Gasteiger partial charge is 0.408 e. The van der Waals surface area contributed by atoms with Gasteiger partial charge in [-0.2, -0.15) is 0 Å². The van der Waals surface area contributed by atoms with Crippen molar-refractivity contribution in [2.24, 2.45) is 5.92 Å². The predicted octanol–water partition coefficient (Wildman–Crippen LogP) is 4.64. The molecule has 0 spiro atoms. The highest BCUT2D eigenvalue weighted by molar-refractivity contribution is 5.87. The van der Waals surface area contributed by atoms with Crippen molar-refractivity contribution in [2.45, 2.75) is 73.0 Å². The second kappa shape index (κ2) is 9.32. The molecular formula is C23H31NO6. The van der Waals surface area contributed by atoms with E-state index in [9.17, 15) is 14.4 Å². The Morgan fingerprint density at radius 2 is 1.80 bits per heavy atom. The van der Waals surface area contributed by atoms with Crippen LogP contribution in [0.3, 0.4) is 0 Å². The molecule has 0 radical (unpaired) electrons. The molecule has 1 atom stereocenters. The highest BCUT2D eigenvalue weighted by atomic mass is 16.6. The van der Waals surface area contributed by atoms with Gasteiger partial charge in [-0.1, -0.05) is 13.8 Å². The van der Waals surface area contributed by atoms with E-state index in [0.717, 1.165) is 17.4 Å². The fraction of sp³-hybridized carbons (Fsp3) is 0.522. The summed E-state index contributed by atoms with van der Waals surface area (Å²) in [5, 5.41) is 3.39. The van der Waals surface area contributed by atoms with Crippen LogP contribution in [0.15, 0.2) is 27.4 Å². The third-order valence-corrected chi connectivity index (χ3v) is 4.54. The number of esters is 1. The number of ether oxygens (including phenoxy) is 2. The van der Waals surface area contributed by atoms with Gasteiger partial charge >= 0.3 is 17.7 Å². The van der Waals surface area contributed by atoms with Crippen LogP contribution in [0.1, 0.15) is 58.6 Å². The number of benzene rings is 1. The minimum Gasteiger partial charge on any atom is -0.444 e. The van der Waals surface area contributed by atoms with Gasteiger partial charge < -0.3 is 19.2 Å². The van der Waals surface area contributed by atoms with Crippen LogP contribution in [0.25, 0.3) is 11.0 Å². The molecule has 1 N–H and O–H groups in total. The lowest BCUT2D eigenvalue weighted by Crippen LogP contribution is -2.45. The molecule has 1 aromatic heterocycles. The average Bonchev–Trinajstić information content (AvgIpc) is 2.59. The summed E-state index contributed by atoms with van der Waals surface area (Å²) in [6.45, 7) is 12.9. The molecule has 0 aliphatic heterocycles. The second-order valence-electron chi connectivity index (χ2n) is 8.90. The van der Waals surface area contributed by atoms with Gasteiger partial charge in [0.15, 0.2) is 0 Å². The molecule has 7 nitrogen and oxygen atoms in total. The summed E-state index contributed by atoms with van der Waals surface area (Å²) in [4.78, 5) is 36.8. The van der Waals surface area contributed by atoms with Crippen LogP contribution < -0.4 is 15.7 Å². The molecule has 1 aromatic carbocycles. The standard InChI is InChI=1S/C23H31NO6/c1-13(2)8-10-17(24-22(27)30-23(5,6)7)21(26)28-18-11-9-16-14(3)12-19(25)29-20(16)15(18)4/h9,11-13,17H,8,10H2,1-7H3,(H,24,27). The van der Waals surface area contributed by atoms with E-state index < -0.39 is 29.3 Å². The third-order valence-electron chi connectivity index (χ3n) is 4.54. The van der Waals surface area contributed by atoms with Crippen molar-refractivity contribution in [3.63, 3.8) is 0 Å². The Balaban J connectivity index is 2.26. The van der Waals surface area contributed by atoms with Gasteiger partial charge in [0.1, 0.15) is 23.0 Å². The van der Waals surface area contributed by atoms with Gasteiger partial charge in [0.25, 0.3) is 0 Å². The summed E-state index contributed by atoms with van der Waals surface area (Å²) in [6, 6.07) is 3.96. The summed E-state index contributed by atoms with van der Waals surface area (Å²) in [7, 11) is 0. The molecule has 0 saturated carbocycles. The van der Waals surface area contributed by atoms with Crippen LogP contribution in [0.2, 0.25) is 0 Å². The van der Waals surface area contributed by atoms with Crippen LogP contribution >= 0.6 is 0 Å². The summed E-state index contributed by atoms with van der Waals surface area (Å²) < 4.78 is 16.2. The number of rotatable bonds is 6. The predicted molar refractivity (Wildman–Crippen MR) is 115 cm³/mol. The van der Waals surface area contributed by atoms with Crippen molar-refractivity contribution in [1.82, 2.24) is 5.32 Å². The molecule has 1 unspecified atom stereocenters. The summed E-state index contributed by atoms with van der Waals surface area (Å²) in [5.41, 5.74) is 0.559. The van der Waals surface area contributed by atoms with Crippen molar-refractivity contribution in [2.75, 3.05) is 0 Å². The Labute approximate surface area is 176 Å². The number of aryl methyl sites for hydroxylation is 2. The van der Waals surface area contributed by atoms with Gasteiger partial charge in [0.2, 0.25) is 0 Å². The topological polar surface area (TPSA) is 94.8 Å². The zero-order valence-corrected chi connectivity index (χ0v) is 18.8. The van der Waals surface area contributed by atoms with E-state index in [1.54, 1.807) is 39.8 Å². The maximum Gasteiger partial charge on any atom is 0.408 e. The summed E-state index contributed by atoms with van der Waals surface area (Å²) in [5.74, 6) is 0.0288. The van der Waals surface area contributed by atoms with E-state index in [1.807, 2.05) is 20.8 Å². The number of alkyl carbamates (subject to hydrolysis) is 1. The first kappa shape index (κ1) is 23.4. The molecule has 0 aliphatic carbocycles. The fourth-order valence-electron chi connectivity index (χ4n) is 2.99. The van der Waals surface area contributed by atoms with Gasteiger partial charge in [-0.3, -0.25) is 0 Å². The lowest BCUT2D eigenvalue weighted by atomic mass is 10.0. The van der Waals surface area contributed by atoms with E-state index in [1.165, 1.54) is 6.07 Å². The number of hydrogen-bond donors (Lipinski definition) is 1. The molecular weight excluding hydrogens is 386 g/mol. The highest BCUT2D eigenvalue weighted by Crippen LogP contribution is 2.28. The van der Waals surface area contributed by atoms with Gasteiger partial charge in [-0.25, -0.2) is 14.4 Å². The average molecular weight is 418 g/mol. The molecule has 164 valence electrons. The molecule has 0 bridgehead atoms. The Morgan fingerprint density at radius 1 is 1.13 bits per heavy atom. The van der Waals surface area contributed by atoms with Gasteiger partial charge in [0, 0.05) is 17.0 Å². The SMILES string of the molecule is Cc1cc(=O)oc2c(C)c(OC(=O)C(CCC(C)C)NC(=O)OC(C)(C)C)ccc12. The van der Waals surface area contributed by atoms with Gasteiger partial charge in [-0.05, 0) is 71.1 Å². The van der Waals surface area contributed by atoms with E-state index >= 15 is 0 Å². The molecule has 0 fully saturated rings. The Hall–Kier alpha value is -2.83. The number of hydrogen-bond acceptors (Lipinski definition) is 6. The Morgan fingerprint density at radius 3 is 2.40 bits per heavy atom. The van der Waals surface area contributed by atoms with E-state index in [-0.39, 0.29) is 5.75 Å². The molecule has 30 heavy (non-hydrogen) atoms. The quantitative estimate of drug-likeness (QED) is 0.418. The van der Waals surface area contributed by atoms with E-state index in [2.05, 4.69) is 5.32 Å². The number of carbonyl (C=O) groups excluding carboxylic acids is 2. The lowest BCUT2D eigenvalue weighted by molar-refractivity contribution is -0.137. The molecule has 1 heterocycles. The van der Waals surface area contributed by atoms with E-state index in [4.69, 9.17) is 13.9 Å². The number of amides is 1. The van der Waals surface area contributed by atoms with Crippen molar-refractivity contribution in [3.8, 4) is 5.75 Å². The van der Waals surface area contributed by atoms with Crippen LogP contribution in [-0.4, -0.2) is 23.7 Å². The van der Waals surface area contributed by atoms with E-state index in [0.29, 0.717) is 23.5 Å². The minimum atomic E-state index is -0.859. The molecule has 0 aliphatic rings. The Kier molecular flexibility index (Phi) is 7.29. The first-order valence-corrected chi connectivity index (χ1v) is 10.1. The molecule has 7 heteroatoms. The molecule has 2 rings (SSSR count). The summed E-state index contributed by atoms with van der Waals surface area (Å²) in [6.07, 6.45) is 0.460. The van der Waals surface area contributed by atoms with Crippen LogP contribution in [0.5, 0.6) is 5.75 Å². The Bertz CT molecular complexity index is 984. The van der Waals surface area contributed by atoms with Crippen LogP contribution in [0.4, 0.5) is 4.79 Å². The number of carbonyl (C=O) groups is 2. The highest BCUT2D eigenvalue weighted by Gasteiger charge is 2.27. The lowest BCUT2D eigenvalue weighted by Gasteiger charge is -2.23. The largest absolute Gasteiger partial charge is 0.444 e. The van der Waals surface area contributed by atoms with Gasteiger partial charge in [-0.15, -0.1) is 0 Å². The molecule has 0 saturated heterocycles. The van der Waals surface area contributed by atoms with Crippen LogP contribution in [0, 0.1) is 19.8 Å². The first-order valence-electron chi connectivity index (χ1n) is 10.1. The zero-order chi connectivity index (χ0) is 22.6. The fourth-order valence-corrected chi connectivity index (χ4v) is 2.99.